The molecule has 1 aliphatic heterocycles. The van der Waals surface area contributed by atoms with Crippen LogP contribution in [0.4, 0.5) is 5.69 Å². The average Bonchev–Trinajstić information content (AvgIpc) is 3.06. The molecule has 0 unspecified atom stereocenters. The van der Waals surface area contributed by atoms with Crippen LogP contribution in [0.5, 0.6) is 0 Å². The van der Waals surface area contributed by atoms with E-state index in [1.165, 1.54) is 0 Å². The largest absolute Gasteiger partial charge is 0.355 e. The molecule has 3 N–H and O–H groups in total. The summed E-state index contributed by atoms with van der Waals surface area (Å²) < 4.78 is 0. The number of amides is 4. The van der Waals surface area contributed by atoms with Gasteiger partial charge in [-0.05, 0) is 44.5 Å². The van der Waals surface area contributed by atoms with Gasteiger partial charge in [-0.25, -0.2) is 0 Å². The maximum atomic E-state index is 12.1. The van der Waals surface area contributed by atoms with Crippen LogP contribution < -0.4 is 20.9 Å². The van der Waals surface area contributed by atoms with Crippen LogP contribution in [-0.2, 0) is 14.4 Å². The highest BCUT2D eigenvalue weighted by molar-refractivity contribution is 5.99. The third-order valence-electron chi connectivity index (χ3n) is 4.05. The number of nitrogens with one attached hydrogen (secondary N) is 3. The van der Waals surface area contributed by atoms with Gasteiger partial charge < -0.3 is 20.9 Å². The second kappa shape index (κ2) is 8.98. The number of anilines is 1. The van der Waals surface area contributed by atoms with Gasteiger partial charge in [0, 0.05) is 30.8 Å². The number of hydrogen-bond donors (Lipinski definition) is 3. The summed E-state index contributed by atoms with van der Waals surface area (Å²) in [5, 5.41) is 7.63. The molecule has 1 saturated heterocycles. The van der Waals surface area contributed by atoms with Crippen LogP contribution in [0.15, 0.2) is 24.3 Å². The number of hydrogen-bond acceptors (Lipinski definition) is 4. The number of carbonyl (C=O) groups excluding carboxylic acids is 4. The molecular formula is C18H24N4O4. The number of rotatable bonds is 7. The SMILES string of the molecule is CCNC(=O)[C@H](C)NC(=O)CNC(=O)c1ccc(N2CCCC2=O)cc1. The normalized spacial score (nSPS) is 14.7. The monoisotopic (exact) mass is 360 g/mol. The lowest BCUT2D eigenvalue weighted by atomic mass is 10.2. The van der Waals surface area contributed by atoms with E-state index >= 15 is 0 Å². The third-order valence-corrected chi connectivity index (χ3v) is 4.05. The Bertz CT molecular complexity index is 687. The van der Waals surface area contributed by atoms with Gasteiger partial charge in [-0.15, -0.1) is 0 Å². The van der Waals surface area contributed by atoms with Crippen molar-refractivity contribution in [2.45, 2.75) is 32.7 Å². The zero-order chi connectivity index (χ0) is 19.1. The summed E-state index contributed by atoms with van der Waals surface area (Å²) in [7, 11) is 0. The predicted molar refractivity (Wildman–Crippen MR) is 96.7 cm³/mol. The average molecular weight is 360 g/mol. The third kappa shape index (κ3) is 5.05. The number of likely N-dealkylation sites (N-methyl/N-ethyl adjacent to an activating group) is 1. The lowest BCUT2D eigenvalue weighted by Crippen LogP contribution is -2.47. The van der Waals surface area contributed by atoms with Gasteiger partial charge in [0.25, 0.3) is 5.91 Å². The zero-order valence-corrected chi connectivity index (χ0v) is 15.0. The Labute approximate surface area is 152 Å². The molecule has 140 valence electrons. The van der Waals surface area contributed by atoms with Crippen LogP contribution in [0.2, 0.25) is 0 Å². The smallest absolute Gasteiger partial charge is 0.251 e. The van der Waals surface area contributed by atoms with Crippen molar-refractivity contribution in [2.24, 2.45) is 0 Å². The molecule has 4 amide bonds. The topological polar surface area (TPSA) is 108 Å². The van der Waals surface area contributed by atoms with Crippen molar-refractivity contribution in [1.82, 2.24) is 16.0 Å². The molecule has 0 saturated carbocycles. The maximum absolute atomic E-state index is 12.1. The van der Waals surface area contributed by atoms with Crippen LogP contribution in [0.25, 0.3) is 0 Å². The second-order valence-corrected chi connectivity index (χ2v) is 6.06. The molecule has 2 rings (SSSR count). The van der Waals surface area contributed by atoms with Gasteiger partial charge in [0.05, 0.1) is 6.54 Å². The summed E-state index contributed by atoms with van der Waals surface area (Å²) in [5.41, 5.74) is 1.16. The fourth-order valence-corrected chi connectivity index (χ4v) is 2.66. The van der Waals surface area contributed by atoms with E-state index in [-0.39, 0.29) is 18.4 Å². The molecule has 0 aliphatic carbocycles. The molecule has 0 spiro atoms. The Balaban J connectivity index is 1.83. The maximum Gasteiger partial charge on any atom is 0.251 e. The van der Waals surface area contributed by atoms with E-state index in [1.54, 1.807) is 43.0 Å². The van der Waals surface area contributed by atoms with Crippen LogP contribution >= 0.6 is 0 Å². The first-order chi connectivity index (χ1) is 12.4. The van der Waals surface area contributed by atoms with Crippen molar-refractivity contribution in [3.8, 4) is 0 Å². The molecule has 1 heterocycles. The molecule has 8 heteroatoms. The first-order valence-corrected chi connectivity index (χ1v) is 8.68. The summed E-state index contributed by atoms with van der Waals surface area (Å²) in [6, 6.07) is 6.00. The Hall–Kier alpha value is -2.90. The Kier molecular flexibility index (Phi) is 6.71. The number of nitrogens with zero attached hydrogens (tertiary/aromatic N) is 1. The number of carbonyl (C=O) groups is 4. The summed E-state index contributed by atoms with van der Waals surface area (Å²) in [6.07, 6.45) is 1.39. The zero-order valence-electron chi connectivity index (χ0n) is 15.0. The van der Waals surface area contributed by atoms with Crippen molar-refractivity contribution in [1.29, 1.82) is 0 Å². The molecular weight excluding hydrogens is 336 g/mol. The van der Waals surface area contributed by atoms with Crippen LogP contribution in [-0.4, -0.2) is 49.3 Å². The van der Waals surface area contributed by atoms with Gasteiger partial charge in [0.2, 0.25) is 17.7 Å². The van der Waals surface area contributed by atoms with E-state index in [9.17, 15) is 19.2 Å². The lowest BCUT2D eigenvalue weighted by Gasteiger charge is -2.16. The summed E-state index contributed by atoms with van der Waals surface area (Å²) >= 11 is 0. The minimum Gasteiger partial charge on any atom is -0.355 e. The quantitative estimate of drug-likeness (QED) is 0.645. The molecule has 1 aromatic carbocycles. The molecule has 0 radical (unpaired) electrons. The van der Waals surface area contributed by atoms with E-state index in [0.717, 1.165) is 12.1 Å². The van der Waals surface area contributed by atoms with E-state index in [4.69, 9.17) is 0 Å². The highest BCUT2D eigenvalue weighted by Crippen LogP contribution is 2.21. The highest BCUT2D eigenvalue weighted by Gasteiger charge is 2.21. The van der Waals surface area contributed by atoms with Gasteiger partial charge in [-0.1, -0.05) is 0 Å². The predicted octanol–water partition coefficient (Wildman–Crippen LogP) is 0.184. The van der Waals surface area contributed by atoms with Crippen molar-refractivity contribution < 1.29 is 19.2 Å². The Morgan fingerprint density at radius 1 is 1.15 bits per heavy atom. The van der Waals surface area contributed by atoms with Crippen LogP contribution in [0, 0.1) is 0 Å². The van der Waals surface area contributed by atoms with Crippen LogP contribution in [0.3, 0.4) is 0 Å². The molecule has 26 heavy (non-hydrogen) atoms. The Morgan fingerprint density at radius 3 is 2.42 bits per heavy atom. The second-order valence-electron chi connectivity index (χ2n) is 6.06. The summed E-state index contributed by atoms with van der Waals surface area (Å²) in [4.78, 5) is 48.9. The van der Waals surface area contributed by atoms with Crippen LogP contribution in [0.1, 0.15) is 37.0 Å². The molecule has 1 fully saturated rings. The first-order valence-electron chi connectivity index (χ1n) is 8.68. The fraction of sp³-hybridized carbons (Fsp3) is 0.444. The van der Waals surface area contributed by atoms with E-state index in [2.05, 4.69) is 16.0 Å². The number of benzene rings is 1. The molecule has 1 aromatic rings. The summed E-state index contributed by atoms with van der Waals surface area (Å²) in [6.45, 7) is 4.30. The Morgan fingerprint density at radius 2 is 1.85 bits per heavy atom. The van der Waals surface area contributed by atoms with E-state index in [0.29, 0.717) is 25.1 Å². The van der Waals surface area contributed by atoms with Crippen molar-refractivity contribution in [3.05, 3.63) is 29.8 Å². The van der Waals surface area contributed by atoms with Crippen molar-refractivity contribution in [2.75, 3.05) is 24.5 Å². The van der Waals surface area contributed by atoms with Gasteiger partial charge in [0.1, 0.15) is 6.04 Å². The molecule has 0 aromatic heterocycles. The van der Waals surface area contributed by atoms with Gasteiger partial charge in [-0.3, -0.25) is 19.2 Å². The molecule has 8 nitrogen and oxygen atoms in total. The minimum absolute atomic E-state index is 0.0834. The molecule has 0 bridgehead atoms. The fourth-order valence-electron chi connectivity index (χ4n) is 2.66. The summed E-state index contributed by atoms with van der Waals surface area (Å²) in [5.74, 6) is -1.04. The lowest BCUT2D eigenvalue weighted by molar-refractivity contribution is -0.128. The van der Waals surface area contributed by atoms with Gasteiger partial charge in [0.15, 0.2) is 0 Å². The van der Waals surface area contributed by atoms with Crippen molar-refractivity contribution >= 4 is 29.3 Å². The minimum atomic E-state index is -0.670. The molecule has 1 atom stereocenters. The van der Waals surface area contributed by atoms with E-state index < -0.39 is 17.9 Å². The van der Waals surface area contributed by atoms with E-state index in [1.807, 2.05) is 0 Å². The standard InChI is InChI=1S/C18H24N4O4/c1-3-19-17(25)12(2)21-15(23)11-20-18(26)13-6-8-14(9-7-13)22-10-4-5-16(22)24/h6-9,12H,3-5,10-11H2,1-2H3,(H,19,25)(H,20,26)(H,21,23)/t12-/m0/s1. The van der Waals surface area contributed by atoms with Gasteiger partial charge in [-0.2, -0.15) is 0 Å². The molecule has 1 aliphatic rings. The van der Waals surface area contributed by atoms with Gasteiger partial charge >= 0.3 is 0 Å². The van der Waals surface area contributed by atoms with Crippen molar-refractivity contribution in [3.63, 3.8) is 0 Å². The highest BCUT2D eigenvalue weighted by atomic mass is 16.2. The first kappa shape index (κ1) is 19.4.